The van der Waals surface area contributed by atoms with Crippen molar-refractivity contribution in [1.82, 2.24) is 19.2 Å². The molecule has 34 heavy (non-hydrogen) atoms. The first-order valence-electron chi connectivity index (χ1n) is 11.0. The Morgan fingerprint density at radius 1 is 1.18 bits per heavy atom. The minimum absolute atomic E-state index is 0.0920. The van der Waals surface area contributed by atoms with Crippen molar-refractivity contribution in [3.63, 3.8) is 0 Å². The molecule has 0 unspecified atom stereocenters. The Morgan fingerprint density at radius 2 is 1.85 bits per heavy atom. The maximum Gasteiger partial charge on any atom is 0.573 e. The van der Waals surface area contributed by atoms with Crippen LogP contribution < -0.4 is 15.2 Å². The van der Waals surface area contributed by atoms with Gasteiger partial charge in [-0.1, -0.05) is 18.7 Å². The van der Waals surface area contributed by atoms with Gasteiger partial charge in [-0.15, -0.1) is 13.2 Å². The number of benzene rings is 1. The van der Waals surface area contributed by atoms with E-state index in [4.69, 9.17) is 0 Å². The number of hydrogen-bond acceptors (Lipinski definition) is 5. The van der Waals surface area contributed by atoms with E-state index in [-0.39, 0.29) is 23.4 Å². The number of alkyl halides is 3. The third-order valence-corrected chi connectivity index (χ3v) is 6.25. The molecule has 10 heteroatoms. The number of aryl methyl sites for hydroxylation is 1. The van der Waals surface area contributed by atoms with E-state index in [0.29, 0.717) is 13.1 Å². The van der Waals surface area contributed by atoms with Gasteiger partial charge in [0.1, 0.15) is 11.3 Å². The number of anilines is 1. The van der Waals surface area contributed by atoms with Crippen LogP contribution in [0.1, 0.15) is 26.3 Å². The highest BCUT2D eigenvalue weighted by Gasteiger charge is 2.32. The van der Waals surface area contributed by atoms with Crippen LogP contribution in [0.25, 0.3) is 16.7 Å². The predicted molar refractivity (Wildman–Crippen MR) is 126 cm³/mol. The number of halogens is 3. The molecule has 2 aromatic heterocycles. The van der Waals surface area contributed by atoms with Crippen molar-refractivity contribution >= 4 is 22.4 Å². The molecule has 0 saturated carbocycles. The third kappa shape index (κ3) is 4.82. The van der Waals surface area contributed by atoms with Crippen LogP contribution in [0.4, 0.5) is 18.9 Å². The molecule has 0 N–H and O–H groups in total. The van der Waals surface area contributed by atoms with Crippen molar-refractivity contribution in [3.05, 3.63) is 59.0 Å². The fourth-order valence-corrected chi connectivity index (χ4v) is 4.39. The monoisotopic (exact) mass is 475 g/mol. The number of aromatic nitrogens is 3. The molecule has 0 spiro atoms. The molecule has 1 aromatic carbocycles. The van der Waals surface area contributed by atoms with Crippen LogP contribution in [0.5, 0.6) is 5.75 Å². The summed E-state index contributed by atoms with van der Waals surface area (Å²) >= 11 is 0. The van der Waals surface area contributed by atoms with E-state index in [1.54, 1.807) is 34.5 Å². The lowest BCUT2D eigenvalue weighted by Crippen LogP contribution is -2.56. The molecule has 4 rings (SSSR count). The zero-order valence-electron chi connectivity index (χ0n) is 19.6. The van der Waals surface area contributed by atoms with E-state index in [9.17, 15) is 18.0 Å². The molecule has 0 aliphatic carbocycles. The zero-order valence-corrected chi connectivity index (χ0v) is 19.6. The molecule has 3 heterocycles. The molecule has 2 atom stereocenters. The summed E-state index contributed by atoms with van der Waals surface area (Å²) < 4.78 is 44.4. The fourth-order valence-electron chi connectivity index (χ4n) is 4.39. The van der Waals surface area contributed by atoms with Crippen molar-refractivity contribution in [3.8, 4) is 5.75 Å². The summed E-state index contributed by atoms with van der Waals surface area (Å²) in [6.45, 7) is 12.0. The molecule has 1 fully saturated rings. The van der Waals surface area contributed by atoms with Crippen LogP contribution in [0.3, 0.4) is 0 Å². The quantitative estimate of drug-likeness (QED) is 0.553. The van der Waals surface area contributed by atoms with Gasteiger partial charge in [-0.25, -0.2) is 4.68 Å². The summed E-state index contributed by atoms with van der Waals surface area (Å²) in [5, 5.41) is 4.68. The molecular formula is C24H28F3N5O2. The lowest BCUT2D eigenvalue weighted by atomic mass is 10.1. The Bertz CT molecular complexity index is 1260. The molecule has 182 valence electrons. The predicted octanol–water partition coefficient (Wildman–Crippen LogP) is 4.22. The number of hydrogen-bond donors (Lipinski definition) is 0. The Labute approximate surface area is 195 Å². The summed E-state index contributed by atoms with van der Waals surface area (Å²) in [5.41, 5.74) is 3.84. The Morgan fingerprint density at radius 3 is 2.47 bits per heavy atom. The van der Waals surface area contributed by atoms with Gasteiger partial charge < -0.3 is 14.2 Å². The maximum absolute atomic E-state index is 12.7. The van der Waals surface area contributed by atoms with Crippen molar-refractivity contribution in [1.29, 1.82) is 0 Å². The van der Waals surface area contributed by atoms with Gasteiger partial charge in [-0.3, -0.25) is 9.69 Å². The van der Waals surface area contributed by atoms with Crippen LogP contribution in [0, 0.1) is 0 Å². The van der Waals surface area contributed by atoms with Crippen LogP contribution in [0.15, 0.2) is 47.9 Å². The average molecular weight is 476 g/mol. The molecule has 1 aliphatic heterocycles. The summed E-state index contributed by atoms with van der Waals surface area (Å²) in [5.74, 6) is -0.230. The van der Waals surface area contributed by atoms with Gasteiger partial charge in [-0.2, -0.15) is 5.10 Å². The number of pyridine rings is 1. The second kappa shape index (κ2) is 8.83. The number of ether oxygens (including phenoxy) is 1. The fraction of sp³-hybridized carbons (Fsp3) is 0.417. The third-order valence-electron chi connectivity index (χ3n) is 6.25. The standard InChI is InChI=1S/C24H28F3N5O2/c1-15(2)32-14-21-23(28-32)20(10-22(33)29(21)5)31-12-16(3)30(11-17(31)4)13-18-6-8-19(9-7-18)34-24(25,26)27/h6-10,14,16-17H,1,11-13H2,2-5H3/t16-,17+/m1/s1. The SMILES string of the molecule is C=C(C)n1cc2c(n1)c(N1C[C@@H](C)N(Cc3ccc(OC(F)(F)F)cc3)C[C@@H]1C)cc(=O)n2C. The van der Waals surface area contributed by atoms with E-state index in [2.05, 4.69) is 40.1 Å². The second-order valence-corrected chi connectivity index (χ2v) is 8.94. The first-order chi connectivity index (χ1) is 15.9. The first-order valence-corrected chi connectivity index (χ1v) is 11.0. The normalized spacial score (nSPS) is 19.6. The number of fused-ring (bicyclic) bond motifs is 1. The topological polar surface area (TPSA) is 55.5 Å². The van der Waals surface area contributed by atoms with Gasteiger partial charge in [0.2, 0.25) is 0 Å². The van der Waals surface area contributed by atoms with Crippen LogP contribution in [-0.4, -0.2) is 50.8 Å². The van der Waals surface area contributed by atoms with Crippen molar-refractivity contribution < 1.29 is 17.9 Å². The van der Waals surface area contributed by atoms with Crippen LogP contribution in [0.2, 0.25) is 0 Å². The first kappa shape index (κ1) is 23.9. The Hall–Kier alpha value is -3.27. The molecule has 3 aromatic rings. The van der Waals surface area contributed by atoms with Gasteiger partial charge in [0.25, 0.3) is 5.56 Å². The molecule has 0 bridgehead atoms. The average Bonchev–Trinajstić information content (AvgIpc) is 3.20. The molecule has 0 radical (unpaired) electrons. The van der Waals surface area contributed by atoms with E-state index < -0.39 is 6.36 Å². The van der Waals surface area contributed by atoms with Gasteiger partial charge in [0.05, 0.1) is 17.4 Å². The number of allylic oxidation sites excluding steroid dienone is 1. The second-order valence-electron chi connectivity index (χ2n) is 8.94. The summed E-state index contributed by atoms with van der Waals surface area (Å²) in [6.07, 6.45) is -2.88. The number of nitrogens with zero attached hydrogens (tertiary/aromatic N) is 5. The molecule has 1 saturated heterocycles. The molecular weight excluding hydrogens is 447 g/mol. The largest absolute Gasteiger partial charge is 0.573 e. The highest BCUT2D eigenvalue weighted by atomic mass is 19.4. The lowest BCUT2D eigenvalue weighted by Gasteiger charge is -2.45. The van der Waals surface area contributed by atoms with Gasteiger partial charge in [0.15, 0.2) is 0 Å². The van der Waals surface area contributed by atoms with E-state index in [1.807, 2.05) is 13.1 Å². The van der Waals surface area contributed by atoms with E-state index in [1.165, 1.54) is 12.1 Å². The van der Waals surface area contributed by atoms with Crippen molar-refractivity contribution in [2.45, 2.75) is 45.8 Å². The van der Waals surface area contributed by atoms with Crippen LogP contribution in [-0.2, 0) is 13.6 Å². The zero-order chi connectivity index (χ0) is 24.8. The Balaban J connectivity index is 1.55. The number of rotatable bonds is 5. The van der Waals surface area contributed by atoms with E-state index in [0.717, 1.165) is 34.5 Å². The summed E-state index contributed by atoms with van der Waals surface area (Å²) in [7, 11) is 1.73. The smallest absolute Gasteiger partial charge is 0.406 e. The van der Waals surface area contributed by atoms with Crippen molar-refractivity contribution in [2.75, 3.05) is 18.0 Å². The number of piperazine rings is 1. The summed E-state index contributed by atoms with van der Waals surface area (Å²) in [6, 6.07) is 7.84. The highest BCUT2D eigenvalue weighted by molar-refractivity contribution is 5.88. The maximum atomic E-state index is 12.7. The van der Waals surface area contributed by atoms with E-state index >= 15 is 0 Å². The highest BCUT2D eigenvalue weighted by Crippen LogP contribution is 2.30. The minimum Gasteiger partial charge on any atom is -0.406 e. The molecule has 0 amide bonds. The lowest BCUT2D eigenvalue weighted by molar-refractivity contribution is -0.274. The Kier molecular flexibility index (Phi) is 6.20. The summed E-state index contributed by atoms with van der Waals surface area (Å²) in [4.78, 5) is 17.2. The van der Waals surface area contributed by atoms with Gasteiger partial charge in [0, 0.05) is 50.5 Å². The minimum atomic E-state index is -4.70. The van der Waals surface area contributed by atoms with Gasteiger partial charge in [-0.05, 0) is 38.5 Å². The molecule has 1 aliphatic rings. The molecule has 7 nitrogen and oxygen atoms in total. The van der Waals surface area contributed by atoms with Crippen molar-refractivity contribution in [2.24, 2.45) is 7.05 Å². The van der Waals surface area contributed by atoms with Gasteiger partial charge >= 0.3 is 6.36 Å². The van der Waals surface area contributed by atoms with Crippen LogP contribution >= 0.6 is 0 Å².